The van der Waals surface area contributed by atoms with Crippen LogP contribution in [-0.4, -0.2) is 5.78 Å². The number of halogens is 2. The fourth-order valence-electron chi connectivity index (χ4n) is 4.73. The minimum Gasteiger partial charge on any atom is -0.289 e. The van der Waals surface area contributed by atoms with Crippen molar-refractivity contribution in [3.05, 3.63) is 117 Å². The van der Waals surface area contributed by atoms with E-state index in [-0.39, 0.29) is 5.78 Å². The number of carbonyl (C=O) groups is 1. The van der Waals surface area contributed by atoms with Gasteiger partial charge in [-0.2, -0.15) is 0 Å². The van der Waals surface area contributed by atoms with Crippen molar-refractivity contribution in [1.29, 1.82) is 0 Å². The molecular weight excluding hydrogens is 456 g/mol. The number of carbonyl (C=O) groups excluding carboxylic acids is 1. The molecule has 3 heteroatoms. The Hall–Kier alpha value is -2.94. The van der Waals surface area contributed by atoms with E-state index in [1.807, 2.05) is 54.6 Å². The zero-order chi connectivity index (χ0) is 20.4. The zero-order valence-electron chi connectivity index (χ0n) is 15.7. The quantitative estimate of drug-likeness (QED) is 0.294. The van der Waals surface area contributed by atoms with Crippen LogP contribution >= 0.6 is 27.5 Å². The van der Waals surface area contributed by atoms with E-state index in [1.165, 1.54) is 5.39 Å². The predicted molar refractivity (Wildman–Crippen MR) is 128 cm³/mol. The Labute approximate surface area is 187 Å². The molecule has 0 aromatic heterocycles. The van der Waals surface area contributed by atoms with Gasteiger partial charge in [0.25, 0.3) is 0 Å². The lowest BCUT2D eigenvalue weighted by molar-refractivity contribution is -0.108. The summed E-state index contributed by atoms with van der Waals surface area (Å²) in [6.07, 6.45) is 0. The number of fused-ring (bicyclic) bond motifs is 3. The third-order valence-electron chi connectivity index (χ3n) is 5.94. The van der Waals surface area contributed by atoms with E-state index < -0.39 is 0 Å². The summed E-state index contributed by atoms with van der Waals surface area (Å²) < 4.78 is 1.05. The highest BCUT2D eigenvalue weighted by molar-refractivity contribution is 9.10. The van der Waals surface area contributed by atoms with Crippen molar-refractivity contribution in [3.8, 4) is 0 Å². The van der Waals surface area contributed by atoms with Crippen molar-refractivity contribution >= 4 is 66.4 Å². The molecule has 1 nitrogen and oxygen atoms in total. The first kappa shape index (κ1) is 17.9. The highest BCUT2D eigenvalue weighted by atomic mass is 79.9. The normalized spacial score (nSPS) is 14.8. The summed E-state index contributed by atoms with van der Waals surface area (Å²) in [7, 11) is 0. The van der Waals surface area contributed by atoms with Crippen LogP contribution in [0, 0.1) is 0 Å². The molecule has 0 unspecified atom stereocenters. The summed E-state index contributed by atoms with van der Waals surface area (Å²) >= 11 is 10.3. The molecule has 4 aromatic rings. The lowest BCUT2D eigenvalue weighted by Crippen LogP contribution is -2.03. The zero-order valence-corrected chi connectivity index (χ0v) is 18.1. The van der Waals surface area contributed by atoms with Crippen molar-refractivity contribution < 1.29 is 4.79 Å². The second-order valence-electron chi connectivity index (χ2n) is 7.50. The van der Waals surface area contributed by atoms with Gasteiger partial charge in [-0.1, -0.05) is 100 Å². The van der Waals surface area contributed by atoms with Crippen molar-refractivity contribution in [2.45, 2.75) is 0 Å². The largest absolute Gasteiger partial charge is 0.289 e. The fourth-order valence-corrected chi connectivity index (χ4v) is 5.42. The Morgan fingerprint density at radius 3 is 2.07 bits per heavy atom. The number of hydrogen-bond acceptors (Lipinski definition) is 1. The van der Waals surface area contributed by atoms with E-state index in [0.717, 1.165) is 48.8 Å². The molecule has 30 heavy (non-hydrogen) atoms. The minimum absolute atomic E-state index is 0.0323. The maximum Gasteiger partial charge on any atom is 0.195 e. The Bertz CT molecular complexity index is 1460. The molecule has 0 heterocycles. The Morgan fingerprint density at radius 1 is 0.600 bits per heavy atom. The molecular formula is C27H14BrClO. The average molecular weight is 470 g/mol. The minimum atomic E-state index is 0.0323. The second kappa shape index (κ2) is 6.53. The maximum atomic E-state index is 13.9. The number of rotatable bonds is 2. The maximum absolute atomic E-state index is 13.9. The van der Waals surface area contributed by atoms with E-state index in [4.69, 9.17) is 11.6 Å². The first-order valence-corrected chi connectivity index (χ1v) is 10.9. The Kier molecular flexibility index (Phi) is 3.89. The van der Waals surface area contributed by atoms with E-state index in [1.54, 1.807) is 0 Å². The number of allylic oxidation sites excluding steroid dienone is 4. The van der Waals surface area contributed by atoms with E-state index in [2.05, 4.69) is 46.3 Å². The highest BCUT2D eigenvalue weighted by Gasteiger charge is 2.40. The topological polar surface area (TPSA) is 17.1 Å². The van der Waals surface area contributed by atoms with E-state index in [0.29, 0.717) is 10.6 Å². The Balaban J connectivity index is 1.79. The summed E-state index contributed by atoms with van der Waals surface area (Å²) in [4.78, 5) is 13.9. The smallest absolute Gasteiger partial charge is 0.195 e. The predicted octanol–water partition coefficient (Wildman–Crippen LogP) is 7.67. The first-order chi connectivity index (χ1) is 14.7. The van der Waals surface area contributed by atoms with Gasteiger partial charge >= 0.3 is 0 Å². The molecule has 0 saturated heterocycles. The van der Waals surface area contributed by atoms with Gasteiger partial charge in [0.15, 0.2) is 5.78 Å². The van der Waals surface area contributed by atoms with Crippen LogP contribution in [0.1, 0.15) is 22.3 Å². The van der Waals surface area contributed by atoms with Crippen LogP contribution in [0.4, 0.5) is 0 Å². The molecule has 6 rings (SSSR count). The van der Waals surface area contributed by atoms with E-state index in [9.17, 15) is 4.79 Å². The van der Waals surface area contributed by atoms with Gasteiger partial charge in [0.2, 0.25) is 0 Å². The highest BCUT2D eigenvalue weighted by Crippen LogP contribution is 2.57. The number of Topliss-reactive ketones (excluding diaryl/α,β-unsaturated/α-hetero) is 1. The molecule has 4 aromatic carbocycles. The number of benzene rings is 4. The lowest BCUT2D eigenvalue weighted by Gasteiger charge is -2.10. The van der Waals surface area contributed by atoms with Crippen LogP contribution < -0.4 is 0 Å². The monoisotopic (exact) mass is 468 g/mol. The summed E-state index contributed by atoms with van der Waals surface area (Å²) in [6, 6.07) is 28.0. The Morgan fingerprint density at radius 2 is 1.27 bits per heavy atom. The van der Waals surface area contributed by atoms with Crippen LogP contribution in [0.15, 0.2) is 89.4 Å². The third kappa shape index (κ3) is 2.32. The number of ketones is 1. The summed E-state index contributed by atoms with van der Waals surface area (Å²) in [5.74, 6) is 0.0323. The van der Waals surface area contributed by atoms with Crippen LogP contribution in [0.25, 0.3) is 33.1 Å². The van der Waals surface area contributed by atoms with Gasteiger partial charge in [0.1, 0.15) is 0 Å². The molecule has 0 N–H and O–H groups in total. The van der Waals surface area contributed by atoms with Crippen molar-refractivity contribution in [1.82, 2.24) is 0 Å². The van der Waals surface area contributed by atoms with Crippen molar-refractivity contribution in [2.24, 2.45) is 0 Å². The number of hydrogen-bond donors (Lipinski definition) is 0. The van der Waals surface area contributed by atoms with Gasteiger partial charge in [0, 0.05) is 37.4 Å². The standard InChI is InChI=1S/C27H14BrClO/c28-20-14-13-19-23-16(20)10-6-11-18(23)24-22(15-7-2-1-3-8-15)27(30)26(25(19)24)17-9-4-5-12-21(17)29/h1-14H. The fraction of sp³-hybridized carbons (Fsp3) is 0. The van der Waals surface area contributed by atoms with Crippen LogP contribution in [0.2, 0.25) is 5.02 Å². The van der Waals surface area contributed by atoms with Crippen molar-refractivity contribution in [2.75, 3.05) is 0 Å². The molecule has 0 fully saturated rings. The summed E-state index contributed by atoms with van der Waals surface area (Å²) in [5.41, 5.74) is 7.36. The average Bonchev–Trinajstić information content (AvgIpc) is 3.24. The van der Waals surface area contributed by atoms with Gasteiger partial charge in [-0.25, -0.2) is 0 Å². The van der Waals surface area contributed by atoms with Gasteiger partial charge in [-0.05, 0) is 39.6 Å². The van der Waals surface area contributed by atoms with E-state index >= 15 is 0 Å². The molecule has 0 spiro atoms. The van der Waals surface area contributed by atoms with Gasteiger partial charge in [0.05, 0.1) is 0 Å². The molecule has 2 aliphatic rings. The second-order valence-corrected chi connectivity index (χ2v) is 8.76. The molecule has 0 saturated carbocycles. The molecule has 0 amide bonds. The summed E-state index contributed by atoms with van der Waals surface area (Å²) in [5, 5.41) is 2.92. The van der Waals surface area contributed by atoms with Crippen molar-refractivity contribution in [3.63, 3.8) is 0 Å². The van der Waals surface area contributed by atoms with Gasteiger partial charge in [-0.3, -0.25) is 4.79 Å². The van der Waals surface area contributed by atoms with Crippen LogP contribution in [0.5, 0.6) is 0 Å². The lowest BCUT2D eigenvalue weighted by atomic mass is 9.93. The molecule has 0 radical (unpaired) electrons. The SMILES string of the molecule is O=C1C(c2ccccc2)=C2C(=C1c1ccccc1Cl)c1ccc(Br)c3cccc2c13. The molecule has 142 valence electrons. The van der Waals surface area contributed by atoms with Gasteiger partial charge < -0.3 is 0 Å². The van der Waals surface area contributed by atoms with Crippen LogP contribution in [-0.2, 0) is 4.79 Å². The van der Waals surface area contributed by atoms with Gasteiger partial charge in [-0.15, -0.1) is 0 Å². The summed E-state index contributed by atoms with van der Waals surface area (Å²) in [6.45, 7) is 0. The molecule has 0 atom stereocenters. The molecule has 0 aliphatic heterocycles. The first-order valence-electron chi connectivity index (χ1n) is 9.72. The molecule has 0 bridgehead atoms. The molecule has 2 aliphatic carbocycles. The van der Waals surface area contributed by atoms with Crippen LogP contribution in [0.3, 0.4) is 0 Å². The third-order valence-corrected chi connectivity index (χ3v) is 6.96.